The fourth-order valence-corrected chi connectivity index (χ4v) is 2.80. The van der Waals surface area contributed by atoms with E-state index in [2.05, 4.69) is 41.0 Å². The number of hydrogen-bond acceptors (Lipinski definition) is 4. The zero-order chi connectivity index (χ0) is 17.2. The highest BCUT2D eigenvalue weighted by molar-refractivity contribution is 6.02. The fraction of sp³-hybridized carbons (Fsp3) is 0.421. The van der Waals surface area contributed by atoms with Crippen molar-refractivity contribution in [2.45, 2.75) is 39.0 Å². The van der Waals surface area contributed by atoms with Gasteiger partial charge in [0.15, 0.2) is 0 Å². The Labute approximate surface area is 143 Å². The summed E-state index contributed by atoms with van der Waals surface area (Å²) >= 11 is 0. The Balaban J connectivity index is 1.66. The zero-order valence-electron chi connectivity index (χ0n) is 14.5. The SMILES string of the molecule is CC(C)(C)c1ccc(NC(=O)c2cnc(N3CCCC3)cn2)cc1. The summed E-state index contributed by atoms with van der Waals surface area (Å²) in [6.07, 6.45) is 5.61. The van der Waals surface area contributed by atoms with E-state index < -0.39 is 0 Å². The Hall–Kier alpha value is -2.43. The van der Waals surface area contributed by atoms with Gasteiger partial charge in [0.25, 0.3) is 5.91 Å². The van der Waals surface area contributed by atoms with Crippen molar-refractivity contribution < 1.29 is 4.79 Å². The normalized spacial score (nSPS) is 14.7. The average Bonchev–Trinajstić information content (AvgIpc) is 3.09. The highest BCUT2D eigenvalue weighted by Gasteiger charge is 2.16. The molecule has 1 aromatic carbocycles. The van der Waals surface area contributed by atoms with E-state index in [9.17, 15) is 4.79 Å². The van der Waals surface area contributed by atoms with Crippen LogP contribution < -0.4 is 10.2 Å². The number of carbonyl (C=O) groups is 1. The van der Waals surface area contributed by atoms with Gasteiger partial charge >= 0.3 is 0 Å². The van der Waals surface area contributed by atoms with Crippen molar-refractivity contribution >= 4 is 17.4 Å². The molecule has 0 spiro atoms. The van der Waals surface area contributed by atoms with Crippen LogP contribution in [0.3, 0.4) is 0 Å². The topological polar surface area (TPSA) is 58.1 Å². The van der Waals surface area contributed by atoms with Gasteiger partial charge in [-0.25, -0.2) is 9.97 Å². The van der Waals surface area contributed by atoms with Crippen molar-refractivity contribution in [3.05, 3.63) is 47.9 Å². The van der Waals surface area contributed by atoms with Crippen LogP contribution in [0, 0.1) is 0 Å². The van der Waals surface area contributed by atoms with E-state index in [-0.39, 0.29) is 11.3 Å². The molecule has 0 saturated carbocycles. The quantitative estimate of drug-likeness (QED) is 0.937. The van der Waals surface area contributed by atoms with Gasteiger partial charge in [0, 0.05) is 18.8 Å². The van der Waals surface area contributed by atoms with Crippen molar-refractivity contribution in [3.8, 4) is 0 Å². The van der Waals surface area contributed by atoms with Crippen LogP contribution in [0.4, 0.5) is 11.5 Å². The van der Waals surface area contributed by atoms with E-state index in [0.717, 1.165) is 24.6 Å². The van der Waals surface area contributed by atoms with E-state index in [4.69, 9.17) is 0 Å². The number of anilines is 2. The lowest BCUT2D eigenvalue weighted by molar-refractivity contribution is 0.102. The Bertz CT molecular complexity index is 696. The first-order valence-electron chi connectivity index (χ1n) is 8.42. The molecule has 0 bridgehead atoms. The smallest absolute Gasteiger partial charge is 0.275 e. The molecule has 0 radical (unpaired) electrons. The van der Waals surface area contributed by atoms with Gasteiger partial charge in [-0.3, -0.25) is 4.79 Å². The molecule has 0 unspecified atom stereocenters. The number of rotatable bonds is 3. The van der Waals surface area contributed by atoms with Crippen LogP contribution in [-0.2, 0) is 5.41 Å². The second-order valence-corrected chi connectivity index (χ2v) is 7.24. The maximum Gasteiger partial charge on any atom is 0.275 e. The summed E-state index contributed by atoms with van der Waals surface area (Å²) < 4.78 is 0. The van der Waals surface area contributed by atoms with Gasteiger partial charge in [0.05, 0.1) is 12.4 Å². The van der Waals surface area contributed by atoms with Crippen LogP contribution in [0.5, 0.6) is 0 Å². The Morgan fingerprint density at radius 1 is 1.04 bits per heavy atom. The molecule has 2 aromatic rings. The molecule has 5 heteroatoms. The number of benzene rings is 1. The summed E-state index contributed by atoms with van der Waals surface area (Å²) in [5.74, 6) is 0.609. The Kier molecular flexibility index (Phi) is 4.51. The molecule has 1 amide bonds. The summed E-state index contributed by atoms with van der Waals surface area (Å²) in [4.78, 5) is 23.1. The second kappa shape index (κ2) is 6.59. The zero-order valence-corrected chi connectivity index (χ0v) is 14.5. The van der Waals surface area contributed by atoms with Crippen molar-refractivity contribution in [2.24, 2.45) is 0 Å². The minimum absolute atomic E-state index is 0.0966. The molecular weight excluding hydrogens is 300 g/mol. The standard InChI is InChI=1S/C19H24N4O/c1-19(2,3)14-6-8-15(9-7-14)22-18(24)16-12-21-17(13-20-16)23-10-4-5-11-23/h6-9,12-13H,4-5,10-11H2,1-3H3,(H,22,24). The van der Waals surface area contributed by atoms with Crippen LogP contribution in [0.1, 0.15) is 49.7 Å². The van der Waals surface area contributed by atoms with E-state index in [1.807, 2.05) is 24.3 Å². The number of carbonyl (C=O) groups excluding carboxylic acids is 1. The van der Waals surface area contributed by atoms with E-state index in [1.54, 1.807) is 12.4 Å². The van der Waals surface area contributed by atoms with E-state index in [1.165, 1.54) is 18.4 Å². The molecule has 1 aliphatic rings. The van der Waals surface area contributed by atoms with Crippen LogP contribution >= 0.6 is 0 Å². The summed E-state index contributed by atoms with van der Waals surface area (Å²) in [6, 6.07) is 7.92. The summed E-state index contributed by atoms with van der Waals surface area (Å²) in [7, 11) is 0. The molecule has 1 aliphatic heterocycles. The third-order valence-electron chi connectivity index (χ3n) is 4.31. The number of nitrogens with one attached hydrogen (secondary N) is 1. The predicted molar refractivity (Wildman–Crippen MR) is 96.6 cm³/mol. The number of hydrogen-bond donors (Lipinski definition) is 1. The van der Waals surface area contributed by atoms with Crippen molar-refractivity contribution in [1.82, 2.24) is 9.97 Å². The lowest BCUT2D eigenvalue weighted by Crippen LogP contribution is -2.20. The van der Waals surface area contributed by atoms with Crippen LogP contribution in [0.2, 0.25) is 0 Å². The largest absolute Gasteiger partial charge is 0.355 e. The molecule has 24 heavy (non-hydrogen) atoms. The molecule has 0 aliphatic carbocycles. The number of aromatic nitrogens is 2. The molecule has 1 N–H and O–H groups in total. The van der Waals surface area contributed by atoms with Gasteiger partial charge in [-0.2, -0.15) is 0 Å². The van der Waals surface area contributed by atoms with E-state index in [0.29, 0.717) is 5.69 Å². The molecule has 2 heterocycles. The first kappa shape index (κ1) is 16.4. The third-order valence-corrected chi connectivity index (χ3v) is 4.31. The molecule has 0 atom stereocenters. The minimum Gasteiger partial charge on any atom is -0.355 e. The molecule has 3 rings (SSSR count). The van der Waals surface area contributed by atoms with Gasteiger partial charge < -0.3 is 10.2 Å². The Morgan fingerprint density at radius 3 is 2.25 bits per heavy atom. The third kappa shape index (κ3) is 3.72. The van der Waals surface area contributed by atoms with Crippen LogP contribution in [0.25, 0.3) is 0 Å². The van der Waals surface area contributed by atoms with Gasteiger partial charge in [0.2, 0.25) is 0 Å². The number of amides is 1. The molecule has 1 aromatic heterocycles. The second-order valence-electron chi connectivity index (χ2n) is 7.24. The lowest BCUT2D eigenvalue weighted by Gasteiger charge is -2.19. The summed E-state index contributed by atoms with van der Waals surface area (Å²) in [5.41, 5.74) is 2.42. The summed E-state index contributed by atoms with van der Waals surface area (Å²) in [6.45, 7) is 8.52. The average molecular weight is 324 g/mol. The van der Waals surface area contributed by atoms with Crippen molar-refractivity contribution in [3.63, 3.8) is 0 Å². The van der Waals surface area contributed by atoms with Crippen LogP contribution in [-0.4, -0.2) is 29.0 Å². The van der Waals surface area contributed by atoms with Crippen LogP contribution in [0.15, 0.2) is 36.7 Å². The van der Waals surface area contributed by atoms with Gasteiger partial charge in [0.1, 0.15) is 11.5 Å². The van der Waals surface area contributed by atoms with Gasteiger partial charge in [-0.1, -0.05) is 32.9 Å². The maximum absolute atomic E-state index is 12.3. The molecule has 1 fully saturated rings. The molecule has 5 nitrogen and oxygen atoms in total. The first-order valence-corrected chi connectivity index (χ1v) is 8.42. The monoisotopic (exact) mass is 324 g/mol. The molecule has 126 valence electrons. The van der Waals surface area contributed by atoms with Gasteiger partial charge in [-0.05, 0) is 36.0 Å². The van der Waals surface area contributed by atoms with Gasteiger partial charge in [-0.15, -0.1) is 0 Å². The number of nitrogens with zero attached hydrogens (tertiary/aromatic N) is 3. The van der Waals surface area contributed by atoms with Crippen molar-refractivity contribution in [1.29, 1.82) is 0 Å². The lowest BCUT2D eigenvalue weighted by atomic mass is 9.87. The summed E-state index contributed by atoms with van der Waals surface area (Å²) in [5, 5.41) is 2.87. The molecule has 1 saturated heterocycles. The highest BCUT2D eigenvalue weighted by Crippen LogP contribution is 2.23. The van der Waals surface area contributed by atoms with E-state index >= 15 is 0 Å². The molecular formula is C19H24N4O. The maximum atomic E-state index is 12.3. The Morgan fingerprint density at radius 2 is 1.71 bits per heavy atom. The fourth-order valence-electron chi connectivity index (χ4n) is 2.80. The highest BCUT2D eigenvalue weighted by atomic mass is 16.1. The minimum atomic E-state index is -0.237. The first-order chi connectivity index (χ1) is 11.4. The predicted octanol–water partition coefficient (Wildman–Crippen LogP) is 3.63. The van der Waals surface area contributed by atoms with Crippen molar-refractivity contribution in [2.75, 3.05) is 23.3 Å².